The van der Waals surface area contributed by atoms with E-state index < -0.39 is 59.9 Å². The summed E-state index contributed by atoms with van der Waals surface area (Å²) in [7, 11) is 0. The number of hydrogen-bond donors (Lipinski definition) is 1. The number of esters is 3. The SMILES string of the molecule is [N-]=[N+]=N[C@]1(COC(=O)c2cccc(Cl)c2)O[C@@H](n2ccc(=O)[nH]c2=O)C(OC(=O)c2ccccc2)[C@H]1OC(=O)c1ccccc1. The number of halogens is 1. The van der Waals surface area contributed by atoms with Crippen LogP contribution in [0.5, 0.6) is 0 Å². The number of carbonyl (C=O) groups excluding carboxylic acids is 3. The van der Waals surface area contributed by atoms with E-state index >= 15 is 0 Å². The minimum atomic E-state index is -2.39. The van der Waals surface area contributed by atoms with Crippen molar-refractivity contribution in [3.05, 3.63) is 150 Å². The third-order valence-corrected chi connectivity index (χ3v) is 6.89. The molecule has 228 valence electrons. The number of aromatic nitrogens is 2. The second kappa shape index (κ2) is 13.3. The van der Waals surface area contributed by atoms with Crippen LogP contribution < -0.4 is 11.2 Å². The molecule has 1 aliphatic rings. The van der Waals surface area contributed by atoms with Gasteiger partial charge in [-0.3, -0.25) is 14.3 Å². The second-order valence-electron chi connectivity index (χ2n) is 9.57. The Morgan fingerprint density at radius 2 is 1.51 bits per heavy atom. The number of carbonyl (C=O) groups is 3. The molecule has 0 bridgehead atoms. The van der Waals surface area contributed by atoms with Gasteiger partial charge in [-0.05, 0) is 48.0 Å². The summed E-state index contributed by atoms with van der Waals surface area (Å²) in [4.78, 5) is 69.3. The molecule has 5 rings (SSSR count). The van der Waals surface area contributed by atoms with Gasteiger partial charge >= 0.3 is 23.6 Å². The van der Waals surface area contributed by atoms with Crippen molar-refractivity contribution < 1.29 is 33.3 Å². The van der Waals surface area contributed by atoms with Crippen LogP contribution >= 0.6 is 11.6 Å². The molecule has 1 unspecified atom stereocenters. The summed E-state index contributed by atoms with van der Waals surface area (Å²) in [5, 5.41) is 3.96. The molecule has 4 atom stereocenters. The van der Waals surface area contributed by atoms with E-state index in [2.05, 4.69) is 15.0 Å². The Hall–Kier alpha value is -5.69. The fourth-order valence-corrected chi connectivity index (χ4v) is 4.75. The lowest BCUT2D eigenvalue weighted by Crippen LogP contribution is -2.49. The highest BCUT2D eigenvalue weighted by atomic mass is 35.5. The van der Waals surface area contributed by atoms with Gasteiger partial charge in [0.05, 0.1) is 16.7 Å². The van der Waals surface area contributed by atoms with E-state index in [1.54, 1.807) is 36.4 Å². The summed E-state index contributed by atoms with van der Waals surface area (Å²) in [6, 6.07) is 22.3. The van der Waals surface area contributed by atoms with Gasteiger partial charge in [0.2, 0.25) is 5.72 Å². The molecular formula is C30H22ClN5O9. The van der Waals surface area contributed by atoms with Gasteiger partial charge in [0, 0.05) is 22.2 Å². The minimum absolute atomic E-state index is 0.0369. The van der Waals surface area contributed by atoms with Gasteiger partial charge in [-0.25, -0.2) is 19.2 Å². The Bertz CT molecular complexity index is 1890. The first-order valence-electron chi connectivity index (χ1n) is 13.2. The lowest BCUT2D eigenvalue weighted by molar-refractivity contribution is -0.129. The predicted octanol–water partition coefficient (Wildman–Crippen LogP) is 4.03. The first-order chi connectivity index (χ1) is 21.7. The molecule has 1 fully saturated rings. The molecule has 0 radical (unpaired) electrons. The zero-order valence-corrected chi connectivity index (χ0v) is 23.8. The molecule has 0 aliphatic carbocycles. The van der Waals surface area contributed by atoms with Crippen molar-refractivity contribution in [2.24, 2.45) is 5.11 Å². The maximum atomic E-state index is 13.4. The summed E-state index contributed by atoms with van der Waals surface area (Å²) >= 11 is 6.00. The summed E-state index contributed by atoms with van der Waals surface area (Å²) in [6.07, 6.45) is -4.10. The molecule has 1 N–H and O–H groups in total. The van der Waals surface area contributed by atoms with Crippen LogP contribution in [0.15, 0.2) is 112 Å². The fourth-order valence-electron chi connectivity index (χ4n) is 4.56. The fraction of sp³-hybridized carbons (Fsp3) is 0.167. The molecule has 4 aromatic rings. The standard InChI is InChI=1S/C30H22ClN5O9/c31-21-13-7-12-20(16-21)26(38)42-17-30(34-35-32)24(44-28(40)19-10-5-2-6-11-19)23(43-27(39)18-8-3-1-4-9-18)25(45-30)36-15-14-22(37)33-29(36)41/h1-16,23-25H,17H2,(H,33,37,41)/t23?,24-,25-,30-/m1/s1. The Labute approximate surface area is 258 Å². The van der Waals surface area contributed by atoms with Crippen LogP contribution in [0.25, 0.3) is 10.4 Å². The molecular weight excluding hydrogens is 610 g/mol. The maximum Gasteiger partial charge on any atom is 0.338 e. The van der Waals surface area contributed by atoms with Gasteiger partial charge in [-0.15, -0.1) is 0 Å². The molecule has 1 saturated heterocycles. The Kier molecular flexibility index (Phi) is 9.09. The van der Waals surface area contributed by atoms with Crippen LogP contribution in [-0.2, 0) is 18.9 Å². The van der Waals surface area contributed by atoms with Crippen molar-refractivity contribution >= 4 is 29.5 Å². The predicted molar refractivity (Wildman–Crippen MR) is 156 cm³/mol. The Morgan fingerprint density at radius 3 is 2.11 bits per heavy atom. The normalized spacial score (nSPS) is 20.4. The number of ether oxygens (including phenoxy) is 4. The second-order valence-corrected chi connectivity index (χ2v) is 10.0. The topological polar surface area (TPSA) is 192 Å². The van der Waals surface area contributed by atoms with Crippen molar-refractivity contribution in [2.45, 2.75) is 24.2 Å². The average molecular weight is 632 g/mol. The smallest absolute Gasteiger partial charge is 0.338 e. The van der Waals surface area contributed by atoms with Gasteiger partial charge in [0.1, 0.15) is 6.61 Å². The molecule has 3 aromatic carbocycles. The number of nitrogens with one attached hydrogen (secondary N) is 1. The van der Waals surface area contributed by atoms with Crippen molar-refractivity contribution in [1.29, 1.82) is 0 Å². The van der Waals surface area contributed by atoms with E-state index in [-0.39, 0.29) is 21.7 Å². The van der Waals surface area contributed by atoms with E-state index in [0.29, 0.717) is 0 Å². The van der Waals surface area contributed by atoms with Crippen LogP contribution in [0.4, 0.5) is 0 Å². The highest BCUT2D eigenvalue weighted by Gasteiger charge is 2.61. The van der Waals surface area contributed by atoms with E-state index in [1.165, 1.54) is 48.5 Å². The quantitative estimate of drug-likeness (QED) is 0.0933. The van der Waals surface area contributed by atoms with E-state index in [9.17, 15) is 29.5 Å². The van der Waals surface area contributed by atoms with Crippen LogP contribution in [0.3, 0.4) is 0 Å². The average Bonchev–Trinajstić information content (AvgIpc) is 3.32. The van der Waals surface area contributed by atoms with E-state index in [1.807, 2.05) is 0 Å². The minimum Gasteiger partial charge on any atom is -0.459 e. The van der Waals surface area contributed by atoms with E-state index in [4.69, 9.17) is 30.5 Å². The molecule has 0 saturated carbocycles. The highest BCUT2D eigenvalue weighted by Crippen LogP contribution is 2.42. The van der Waals surface area contributed by atoms with Crippen molar-refractivity contribution in [2.75, 3.05) is 6.61 Å². The number of rotatable bonds is 9. The molecule has 14 nitrogen and oxygen atoms in total. The van der Waals surface area contributed by atoms with E-state index in [0.717, 1.165) is 16.8 Å². The molecule has 1 aliphatic heterocycles. The first-order valence-corrected chi connectivity index (χ1v) is 13.6. The number of hydrogen-bond acceptors (Lipinski definition) is 10. The summed E-state index contributed by atoms with van der Waals surface area (Å²) in [5.74, 6) is -2.78. The largest absolute Gasteiger partial charge is 0.459 e. The highest BCUT2D eigenvalue weighted by molar-refractivity contribution is 6.30. The van der Waals surface area contributed by atoms with Gasteiger partial charge in [-0.2, -0.15) is 0 Å². The zero-order chi connectivity index (χ0) is 32.0. The van der Waals surface area contributed by atoms with Crippen molar-refractivity contribution in [3.8, 4) is 0 Å². The summed E-state index contributed by atoms with van der Waals surface area (Å²) in [5.41, 5.74) is 5.70. The maximum absolute atomic E-state index is 13.4. The number of azide groups is 1. The Balaban J connectivity index is 1.61. The zero-order valence-electron chi connectivity index (χ0n) is 23.0. The number of benzene rings is 3. The third kappa shape index (κ3) is 6.78. The summed E-state index contributed by atoms with van der Waals surface area (Å²) < 4.78 is 23.9. The van der Waals surface area contributed by atoms with Gasteiger partial charge in [0.15, 0.2) is 18.4 Å². The third-order valence-electron chi connectivity index (χ3n) is 6.65. The van der Waals surface area contributed by atoms with Crippen LogP contribution in [0, 0.1) is 0 Å². The van der Waals surface area contributed by atoms with Crippen LogP contribution in [-0.4, -0.2) is 52.0 Å². The van der Waals surface area contributed by atoms with Crippen molar-refractivity contribution in [1.82, 2.24) is 9.55 Å². The van der Waals surface area contributed by atoms with Gasteiger partial charge in [0.25, 0.3) is 5.56 Å². The lowest BCUT2D eigenvalue weighted by Gasteiger charge is -2.29. The molecule has 1 aromatic heterocycles. The Morgan fingerprint density at radius 1 is 0.889 bits per heavy atom. The monoisotopic (exact) mass is 631 g/mol. The van der Waals surface area contributed by atoms with Gasteiger partial charge in [-0.1, -0.05) is 59.2 Å². The van der Waals surface area contributed by atoms with Crippen LogP contribution in [0.2, 0.25) is 5.02 Å². The van der Waals surface area contributed by atoms with Crippen molar-refractivity contribution in [3.63, 3.8) is 0 Å². The lowest BCUT2D eigenvalue weighted by atomic mass is 10.0. The van der Waals surface area contributed by atoms with Crippen LogP contribution in [0.1, 0.15) is 37.3 Å². The number of aromatic amines is 1. The molecule has 15 heteroatoms. The number of H-pyrrole nitrogens is 1. The van der Waals surface area contributed by atoms with Gasteiger partial charge < -0.3 is 18.9 Å². The molecule has 45 heavy (non-hydrogen) atoms. The molecule has 0 amide bonds. The summed E-state index contributed by atoms with van der Waals surface area (Å²) in [6.45, 7) is -0.872. The molecule has 2 heterocycles. The first kappa shape index (κ1) is 30.8. The molecule has 0 spiro atoms. The number of nitrogens with zero attached hydrogens (tertiary/aromatic N) is 4.